The third kappa shape index (κ3) is 4.70. The topological polar surface area (TPSA) is 39.4 Å². The Bertz CT molecular complexity index is 943. The number of furan rings is 1. The van der Waals surface area contributed by atoms with Gasteiger partial charge in [0.05, 0.1) is 10.0 Å². The number of carbonyl (C=O) groups excluding carboxylic acids is 1. The molecule has 1 aromatic heterocycles. The van der Waals surface area contributed by atoms with E-state index in [2.05, 4.69) is 0 Å². The smallest absolute Gasteiger partial charge is 0.331 e. The van der Waals surface area contributed by atoms with E-state index in [4.69, 9.17) is 44.0 Å². The van der Waals surface area contributed by atoms with Gasteiger partial charge in [-0.2, -0.15) is 0 Å². The molecule has 6 heteroatoms. The van der Waals surface area contributed by atoms with Crippen molar-refractivity contribution in [3.63, 3.8) is 0 Å². The third-order valence-electron chi connectivity index (χ3n) is 3.52. The second-order valence-corrected chi connectivity index (χ2v) is 6.58. The van der Waals surface area contributed by atoms with E-state index in [0.717, 1.165) is 5.56 Å². The minimum Gasteiger partial charge on any atom is -0.457 e. The molecule has 0 fully saturated rings. The SMILES string of the molecule is O=C(/C=C/c1ccc(Cl)cc1)OCc1ccc(-c2cccc(Cl)c2Cl)o1. The van der Waals surface area contributed by atoms with Crippen LogP contribution in [-0.4, -0.2) is 5.97 Å². The Morgan fingerprint density at radius 3 is 2.54 bits per heavy atom. The minimum absolute atomic E-state index is 0.0158. The van der Waals surface area contributed by atoms with Crippen LogP contribution in [0.2, 0.25) is 15.1 Å². The molecule has 0 amide bonds. The number of carbonyl (C=O) groups is 1. The van der Waals surface area contributed by atoms with Crippen LogP contribution < -0.4 is 0 Å². The normalized spacial score (nSPS) is 11.0. The molecule has 0 spiro atoms. The van der Waals surface area contributed by atoms with Crippen LogP contribution in [0.5, 0.6) is 0 Å². The van der Waals surface area contributed by atoms with Crippen molar-refractivity contribution in [3.8, 4) is 11.3 Å². The van der Waals surface area contributed by atoms with Crippen LogP contribution in [0.4, 0.5) is 0 Å². The van der Waals surface area contributed by atoms with Crippen molar-refractivity contribution in [2.75, 3.05) is 0 Å². The van der Waals surface area contributed by atoms with E-state index in [1.165, 1.54) is 6.08 Å². The van der Waals surface area contributed by atoms with Gasteiger partial charge in [0.25, 0.3) is 0 Å². The Labute approximate surface area is 165 Å². The summed E-state index contributed by atoms with van der Waals surface area (Å²) in [4.78, 5) is 11.8. The molecule has 0 N–H and O–H groups in total. The Kier molecular flexibility index (Phi) is 6.04. The summed E-state index contributed by atoms with van der Waals surface area (Å²) in [5.74, 6) is 0.586. The Hall–Kier alpha value is -2.20. The molecule has 3 nitrogen and oxygen atoms in total. The molecule has 132 valence electrons. The third-order valence-corrected chi connectivity index (χ3v) is 4.59. The molecule has 0 unspecified atom stereocenters. The number of halogens is 3. The predicted molar refractivity (Wildman–Crippen MR) is 104 cm³/mol. The first kappa shape index (κ1) is 18.6. The van der Waals surface area contributed by atoms with Gasteiger partial charge >= 0.3 is 5.97 Å². The molecule has 2 aromatic carbocycles. The van der Waals surface area contributed by atoms with E-state index in [-0.39, 0.29) is 6.61 Å². The van der Waals surface area contributed by atoms with Crippen LogP contribution in [-0.2, 0) is 16.1 Å². The molecular formula is C20H13Cl3O3. The highest BCUT2D eigenvalue weighted by molar-refractivity contribution is 6.43. The van der Waals surface area contributed by atoms with Gasteiger partial charge < -0.3 is 9.15 Å². The molecule has 3 rings (SSSR count). The number of esters is 1. The highest BCUT2D eigenvalue weighted by Crippen LogP contribution is 2.34. The van der Waals surface area contributed by atoms with Gasteiger partial charge in [0, 0.05) is 16.7 Å². The van der Waals surface area contributed by atoms with E-state index >= 15 is 0 Å². The molecular weight excluding hydrogens is 395 g/mol. The van der Waals surface area contributed by atoms with E-state index < -0.39 is 5.97 Å². The van der Waals surface area contributed by atoms with Crippen molar-refractivity contribution >= 4 is 46.8 Å². The highest BCUT2D eigenvalue weighted by atomic mass is 35.5. The maximum absolute atomic E-state index is 11.8. The lowest BCUT2D eigenvalue weighted by atomic mass is 10.2. The molecule has 0 aliphatic rings. The van der Waals surface area contributed by atoms with Crippen LogP contribution >= 0.6 is 34.8 Å². The standard InChI is InChI=1S/C20H13Cl3O3/c21-14-7-4-13(5-8-14)6-11-19(24)25-12-15-9-10-18(26-15)16-2-1-3-17(22)20(16)23/h1-11H,12H2/b11-6+. The Morgan fingerprint density at radius 1 is 1.00 bits per heavy atom. The van der Waals surface area contributed by atoms with Crippen LogP contribution in [0, 0.1) is 0 Å². The largest absolute Gasteiger partial charge is 0.457 e. The molecule has 0 aliphatic heterocycles. The lowest BCUT2D eigenvalue weighted by Crippen LogP contribution is -1.99. The first-order valence-electron chi connectivity index (χ1n) is 7.66. The maximum Gasteiger partial charge on any atom is 0.331 e. The van der Waals surface area contributed by atoms with Gasteiger partial charge in [0.2, 0.25) is 0 Å². The van der Waals surface area contributed by atoms with Gasteiger partial charge in [-0.3, -0.25) is 0 Å². The highest BCUT2D eigenvalue weighted by Gasteiger charge is 2.11. The molecule has 0 radical (unpaired) electrons. The van der Waals surface area contributed by atoms with Crippen molar-refractivity contribution in [1.82, 2.24) is 0 Å². The van der Waals surface area contributed by atoms with Crippen LogP contribution in [0.1, 0.15) is 11.3 Å². The zero-order valence-corrected chi connectivity index (χ0v) is 15.7. The van der Waals surface area contributed by atoms with Gasteiger partial charge in [-0.1, -0.05) is 53.0 Å². The number of hydrogen-bond acceptors (Lipinski definition) is 3. The number of benzene rings is 2. The first-order valence-corrected chi connectivity index (χ1v) is 8.80. The van der Waals surface area contributed by atoms with Crippen LogP contribution in [0.15, 0.2) is 65.1 Å². The predicted octanol–water partition coefficient (Wildman–Crippen LogP) is 6.66. The van der Waals surface area contributed by atoms with Gasteiger partial charge in [-0.25, -0.2) is 4.79 Å². The van der Waals surface area contributed by atoms with Crippen LogP contribution in [0.3, 0.4) is 0 Å². The molecule has 0 atom stereocenters. The van der Waals surface area contributed by atoms with E-state index in [9.17, 15) is 4.79 Å². The summed E-state index contributed by atoms with van der Waals surface area (Å²) in [5.41, 5.74) is 1.53. The number of rotatable bonds is 5. The lowest BCUT2D eigenvalue weighted by molar-refractivity contribution is -0.139. The van der Waals surface area contributed by atoms with Crippen LogP contribution in [0.25, 0.3) is 17.4 Å². The molecule has 3 aromatic rings. The quantitative estimate of drug-likeness (QED) is 0.350. The average Bonchev–Trinajstić information content (AvgIpc) is 3.10. The summed E-state index contributed by atoms with van der Waals surface area (Å²) in [5, 5.41) is 1.50. The Balaban J connectivity index is 1.60. The number of ether oxygens (including phenoxy) is 1. The summed E-state index contributed by atoms with van der Waals surface area (Å²) in [6.45, 7) is 0.0158. The van der Waals surface area contributed by atoms with E-state index in [0.29, 0.717) is 32.2 Å². The van der Waals surface area contributed by atoms with E-state index in [1.807, 2.05) is 0 Å². The van der Waals surface area contributed by atoms with Gasteiger partial charge in [0.1, 0.15) is 18.1 Å². The molecule has 1 heterocycles. The summed E-state index contributed by atoms with van der Waals surface area (Å²) in [6, 6.07) is 15.9. The van der Waals surface area contributed by atoms with Crippen molar-refractivity contribution in [3.05, 3.63) is 87.1 Å². The second-order valence-electron chi connectivity index (χ2n) is 5.36. The van der Waals surface area contributed by atoms with Gasteiger partial charge in [-0.05, 0) is 48.0 Å². The van der Waals surface area contributed by atoms with Crippen molar-refractivity contribution in [2.45, 2.75) is 6.61 Å². The first-order chi connectivity index (χ1) is 12.5. The monoisotopic (exact) mass is 406 g/mol. The zero-order valence-electron chi connectivity index (χ0n) is 13.4. The second kappa shape index (κ2) is 8.45. The van der Waals surface area contributed by atoms with Crippen molar-refractivity contribution < 1.29 is 13.9 Å². The average molecular weight is 408 g/mol. The summed E-state index contributed by atoms with van der Waals surface area (Å²) >= 11 is 18.0. The fourth-order valence-electron chi connectivity index (χ4n) is 2.22. The van der Waals surface area contributed by atoms with Gasteiger partial charge in [-0.15, -0.1) is 0 Å². The Morgan fingerprint density at radius 2 is 1.77 bits per heavy atom. The fraction of sp³-hybridized carbons (Fsp3) is 0.0500. The molecule has 0 saturated heterocycles. The fourth-order valence-corrected chi connectivity index (χ4v) is 2.74. The summed E-state index contributed by atoms with van der Waals surface area (Å²) in [6.07, 6.45) is 3.00. The van der Waals surface area contributed by atoms with E-state index in [1.54, 1.807) is 60.7 Å². The minimum atomic E-state index is -0.473. The molecule has 26 heavy (non-hydrogen) atoms. The number of hydrogen-bond donors (Lipinski definition) is 0. The maximum atomic E-state index is 11.8. The molecule has 0 saturated carbocycles. The summed E-state index contributed by atoms with van der Waals surface area (Å²) < 4.78 is 10.8. The van der Waals surface area contributed by atoms with Gasteiger partial charge in [0.15, 0.2) is 0 Å². The molecule has 0 aliphatic carbocycles. The summed E-state index contributed by atoms with van der Waals surface area (Å²) in [7, 11) is 0. The van der Waals surface area contributed by atoms with Crippen molar-refractivity contribution in [2.24, 2.45) is 0 Å². The molecule has 0 bridgehead atoms. The van der Waals surface area contributed by atoms with Crippen molar-refractivity contribution in [1.29, 1.82) is 0 Å². The lowest BCUT2D eigenvalue weighted by Gasteiger charge is -2.03. The zero-order chi connectivity index (χ0) is 18.5.